The van der Waals surface area contributed by atoms with Crippen LogP contribution in [-0.4, -0.2) is 19.9 Å². The first kappa shape index (κ1) is 30.5. The van der Waals surface area contributed by atoms with Crippen LogP contribution in [0, 0.1) is 0 Å². The van der Waals surface area contributed by atoms with E-state index in [2.05, 4.69) is 140 Å². The summed E-state index contributed by atoms with van der Waals surface area (Å²) in [6.07, 6.45) is 0. The Balaban J connectivity index is 1.09. The summed E-state index contributed by atoms with van der Waals surface area (Å²) in [6.45, 7) is 0. The van der Waals surface area contributed by atoms with Crippen LogP contribution in [0.15, 0.2) is 170 Å². The molecule has 4 nitrogen and oxygen atoms in total. The fourth-order valence-electron chi connectivity index (χ4n) is 6.83. The van der Waals surface area contributed by atoms with Gasteiger partial charge in [-0.3, -0.25) is 0 Å². The Morgan fingerprint density at radius 2 is 0.865 bits per heavy atom. The van der Waals surface area contributed by atoms with Gasteiger partial charge in [0.05, 0.1) is 10.2 Å². The number of hydrogen-bond acceptors (Lipinski definition) is 6. The van der Waals surface area contributed by atoms with Gasteiger partial charge < -0.3 is 0 Å². The number of benzene rings is 7. The van der Waals surface area contributed by atoms with Gasteiger partial charge in [-0.1, -0.05) is 152 Å². The number of hydrogen-bond donors (Lipinski definition) is 0. The van der Waals surface area contributed by atoms with E-state index in [1.807, 2.05) is 41.7 Å². The molecule has 0 bridgehead atoms. The smallest absolute Gasteiger partial charge is 0.164 e. The fraction of sp³-hybridized carbons (Fsp3) is 0. The summed E-state index contributed by atoms with van der Waals surface area (Å²) in [7, 11) is 0. The van der Waals surface area contributed by atoms with Crippen LogP contribution in [0.1, 0.15) is 0 Å². The molecule has 0 saturated carbocycles. The Morgan fingerprint density at radius 3 is 1.62 bits per heavy atom. The van der Waals surface area contributed by atoms with Crippen molar-refractivity contribution in [3.63, 3.8) is 0 Å². The van der Waals surface area contributed by atoms with Crippen molar-refractivity contribution in [1.82, 2.24) is 19.9 Å². The van der Waals surface area contributed by atoms with Gasteiger partial charge in [-0.25, -0.2) is 19.9 Å². The van der Waals surface area contributed by atoms with Gasteiger partial charge in [0, 0.05) is 42.4 Å². The quantitative estimate of drug-likeness (QED) is 0.173. The first-order chi connectivity index (χ1) is 25.7. The minimum atomic E-state index is 0.647. The third-order valence-electron chi connectivity index (χ3n) is 9.42. The second-order valence-electron chi connectivity index (χ2n) is 12.6. The Bertz CT molecular complexity index is 2840. The summed E-state index contributed by atoms with van der Waals surface area (Å²) in [6, 6.07) is 59.2. The Hall–Kier alpha value is -6.34. The molecule has 0 N–H and O–H groups in total. The van der Waals surface area contributed by atoms with Crippen molar-refractivity contribution >= 4 is 53.1 Å². The molecule has 6 heteroatoms. The van der Waals surface area contributed by atoms with Gasteiger partial charge in [0.1, 0.15) is 5.01 Å². The van der Waals surface area contributed by atoms with Crippen LogP contribution in [-0.2, 0) is 0 Å². The molecule has 0 amide bonds. The van der Waals surface area contributed by atoms with E-state index in [0.717, 1.165) is 43.7 Å². The molecule has 0 aliphatic heterocycles. The zero-order valence-electron chi connectivity index (χ0n) is 27.8. The largest absolute Gasteiger partial charge is 0.236 e. The molecule has 0 fully saturated rings. The van der Waals surface area contributed by atoms with Crippen molar-refractivity contribution in [3.05, 3.63) is 170 Å². The van der Waals surface area contributed by atoms with Crippen LogP contribution in [0.5, 0.6) is 0 Å². The average molecular weight is 701 g/mol. The van der Waals surface area contributed by atoms with Crippen molar-refractivity contribution in [1.29, 1.82) is 0 Å². The number of para-hydroxylation sites is 1. The van der Waals surface area contributed by atoms with E-state index in [-0.39, 0.29) is 0 Å². The molecule has 3 aromatic heterocycles. The van der Waals surface area contributed by atoms with Gasteiger partial charge in [0.15, 0.2) is 17.5 Å². The standard InChI is InChI=1S/C46H28N4S2/c1-3-11-29(12-4-1)30-21-25-33(26-22-30)44-48-43(32-13-5-2-6-14-32)49-45(50-44)37-17-10-20-40-41(37)36-16-9-15-35(42(36)51-40)31-23-27-34(28-24-31)46-47-38-18-7-8-19-39(38)52-46/h1-28H. The fourth-order valence-corrected chi connectivity index (χ4v) is 9.07. The maximum absolute atomic E-state index is 5.15. The second kappa shape index (κ2) is 12.8. The van der Waals surface area contributed by atoms with Crippen LogP contribution < -0.4 is 0 Å². The van der Waals surface area contributed by atoms with Crippen LogP contribution in [0.3, 0.4) is 0 Å². The van der Waals surface area contributed by atoms with Gasteiger partial charge >= 0.3 is 0 Å². The number of nitrogens with zero attached hydrogens (tertiary/aromatic N) is 4. The van der Waals surface area contributed by atoms with Gasteiger partial charge in [-0.05, 0) is 40.5 Å². The first-order valence-corrected chi connectivity index (χ1v) is 18.8. The molecule has 0 spiro atoms. The van der Waals surface area contributed by atoms with E-state index in [9.17, 15) is 0 Å². The monoisotopic (exact) mass is 700 g/mol. The molecule has 52 heavy (non-hydrogen) atoms. The first-order valence-electron chi connectivity index (χ1n) is 17.1. The van der Waals surface area contributed by atoms with Crippen LogP contribution in [0.4, 0.5) is 0 Å². The van der Waals surface area contributed by atoms with E-state index < -0.39 is 0 Å². The zero-order chi connectivity index (χ0) is 34.4. The molecule has 0 aliphatic rings. The molecular weight excluding hydrogens is 673 g/mol. The predicted octanol–water partition coefficient (Wildman–Crippen LogP) is 12.9. The Morgan fingerprint density at radius 1 is 0.327 bits per heavy atom. The number of thiophene rings is 1. The number of fused-ring (bicyclic) bond motifs is 4. The second-order valence-corrected chi connectivity index (χ2v) is 14.7. The highest BCUT2D eigenvalue weighted by atomic mass is 32.1. The van der Waals surface area contributed by atoms with E-state index in [1.165, 1.54) is 36.2 Å². The molecule has 3 heterocycles. The van der Waals surface area contributed by atoms with Gasteiger partial charge in [0.25, 0.3) is 0 Å². The van der Waals surface area contributed by atoms with Crippen molar-refractivity contribution in [2.45, 2.75) is 0 Å². The lowest BCUT2D eigenvalue weighted by molar-refractivity contribution is 1.08. The molecule has 0 saturated heterocycles. The lowest BCUT2D eigenvalue weighted by atomic mass is 9.99. The van der Waals surface area contributed by atoms with Crippen LogP contribution >= 0.6 is 22.7 Å². The van der Waals surface area contributed by atoms with Crippen molar-refractivity contribution in [2.24, 2.45) is 0 Å². The van der Waals surface area contributed by atoms with E-state index in [1.54, 1.807) is 11.3 Å². The van der Waals surface area contributed by atoms with Crippen LogP contribution in [0.25, 0.3) is 97.4 Å². The molecule has 244 valence electrons. The summed E-state index contributed by atoms with van der Waals surface area (Å²) in [5, 5.41) is 3.39. The molecular formula is C46H28N4S2. The minimum Gasteiger partial charge on any atom is -0.236 e. The lowest BCUT2D eigenvalue weighted by Crippen LogP contribution is -2.00. The summed E-state index contributed by atoms with van der Waals surface area (Å²) in [4.78, 5) is 20.1. The predicted molar refractivity (Wildman–Crippen MR) is 219 cm³/mol. The summed E-state index contributed by atoms with van der Waals surface area (Å²) >= 11 is 3.54. The van der Waals surface area contributed by atoms with E-state index in [0.29, 0.717) is 17.5 Å². The maximum Gasteiger partial charge on any atom is 0.164 e. The van der Waals surface area contributed by atoms with Crippen molar-refractivity contribution < 1.29 is 0 Å². The molecule has 0 atom stereocenters. The van der Waals surface area contributed by atoms with Crippen molar-refractivity contribution in [2.75, 3.05) is 0 Å². The number of rotatable bonds is 6. The van der Waals surface area contributed by atoms with Crippen molar-refractivity contribution in [3.8, 4) is 67.0 Å². The minimum absolute atomic E-state index is 0.647. The third-order valence-corrected chi connectivity index (χ3v) is 11.7. The average Bonchev–Trinajstić information content (AvgIpc) is 3.84. The molecule has 10 rings (SSSR count). The molecule has 0 unspecified atom stereocenters. The number of thiazole rings is 1. The highest BCUT2D eigenvalue weighted by Gasteiger charge is 2.19. The van der Waals surface area contributed by atoms with E-state index in [4.69, 9.17) is 19.9 Å². The Kier molecular flexibility index (Phi) is 7.48. The highest BCUT2D eigenvalue weighted by Crippen LogP contribution is 2.44. The molecule has 0 radical (unpaired) electrons. The van der Waals surface area contributed by atoms with Gasteiger partial charge in [-0.15, -0.1) is 22.7 Å². The molecule has 0 aliphatic carbocycles. The zero-order valence-corrected chi connectivity index (χ0v) is 29.4. The maximum atomic E-state index is 5.15. The topological polar surface area (TPSA) is 51.6 Å². The van der Waals surface area contributed by atoms with E-state index >= 15 is 0 Å². The highest BCUT2D eigenvalue weighted by molar-refractivity contribution is 7.26. The number of aromatic nitrogens is 4. The third kappa shape index (κ3) is 5.46. The van der Waals surface area contributed by atoms with Gasteiger partial charge in [-0.2, -0.15) is 0 Å². The van der Waals surface area contributed by atoms with Gasteiger partial charge in [0.2, 0.25) is 0 Å². The molecule has 7 aromatic carbocycles. The summed E-state index contributed by atoms with van der Waals surface area (Å²) in [5.74, 6) is 1.96. The lowest BCUT2D eigenvalue weighted by Gasteiger charge is -2.10. The summed E-state index contributed by atoms with van der Waals surface area (Å²) in [5.41, 5.74) is 9.77. The molecule has 10 aromatic rings. The summed E-state index contributed by atoms with van der Waals surface area (Å²) < 4.78 is 3.64. The normalized spacial score (nSPS) is 11.5. The SMILES string of the molecule is c1ccc(-c2ccc(-c3nc(-c4ccccc4)nc(-c4cccc5sc6c(-c7ccc(-c8nc9ccccc9s8)cc7)cccc6c45)n3)cc2)cc1. The Labute approximate surface area is 308 Å². The van der Waals surface area contributed by atoms with Crippen LogP contribution in [0.2, 0.25) is 0 Å².